The highest BCUT2D eigenvalue weighted by molar-refractivity contribution is 6.31. The van der Waals surface area contributed by atoms with Gasteiger partial charge in [-0.3, -0.25) is 0 Å². The van der Waals surface area contributed by atoms with Gasteiger partial charge in [0.2, 0.25) is 0 Å². The van der Waals surface area contributed by atoms with Crippen LogP contribution in [0.3, 0.4) is 0 Å². The SMILES string of the molecule is CCc1nc(Cl)c(C)c(-c2ccc(Cl)cc2)n1. The number of rotatable bonds is 2. The first-order valence-corrected chi connectivity index (χ1v) is 6.16. The lowest BCUT2D eigenvalue weighted by atomic mass is 10.1. The minimum Gasteiger partial charge on any atom is -0.233 e. The van der Waals surface area contributed by atoms with Gasteiger partial charge in [0, 0.05) is 22.6 Å². The van der Waals surface area contributed by atoms with Crippen molar-refractivity contribution in [2.24, 2.45) is 0 Å². The minimum absolute atomic E-state index is 0.516. The van der Waals surface area contributed by atoms with Crippen molar-refractivity contribution in [2.45, 2.75) is 20.3 Å². The van der Waals surface area contributed by atoms with Gasteiger partial charge in [-0.15, -0.1) is 0 Å². The van der Waals surface area contributed by atoms with Gasteiger partial charge in [-0.1, -0.05) is 42.3 Å². The van der Waals surface area contributed by atoms with E-state index in [-0.39, 0.29) is 0 Å². The molecule has 17 heavy (non-hydrogen) atoms. The zero-order chi connectivity index (χ0) is 12.4. The molecule has 0 atom stereocenters. The van der Waals surface area contributed by atoms with Crippen molar-refractivity contribution in [3.63, 3.8) is 0 Å². The molecule has 1 heterocycles. The third-order valence-corrected chi connectivity index (χ3v) is 3.19. The van der Waals surface area contributed by atoms with Gasteiger partial charge >= 0.3 is 0 Å². The minimum atomic E-state index is 0.516. The molecular weight excluding hydrogens is 255 g/mol. The summed E-state index contributed by atoms with van der Waals surface area (Å²) in [5.74, 6) is 0.755. The molecular formula is C13H12Cl2N2. The summed E-state index contributed by atoms with van der Waals surface area (Å²) in [4.78, 5) is 8.74. The Bertz CT molecular complexity index is 536. The van der Waals surface area contributed by atoms with Crippen LogP contribution in [-0.2, 0) is 6.42 Å². The number of halogens is 2. The Hall–Kier alpha value is -1.12. The van der Waals surface area contributed by atoms with Crippen molar-refractivity contribution in [2.75, 3.05) is 0 Å². The van der Waals surface area contributed by atoms with E-state index < -0.39 is 0 Å². The lowest BCUT2D eigenvalue weighted by molar-refractivity contribution is 0.934. The maximum Gasteiger partial charge on any atom is 0.136 e. The average Bonchev–Trinajstić information content (AvgIpc) is 2.34. The molecule has 2 aromatic rings. The van der Waals surface area contributed by atoms with Gasteiger partial charge in [0.15, 0.2) is 0 Å². The molecule has 0 aliphatic heterocycles. The number of aryl methyl sites for hydroxylation is 1. The maximum absolute atomic E-state index is 6.10. The molecule has 0 radical (unpaired) electrons. The van der Waals surface area contributed by atoms with Crippen molar-refractivity contribution < 1.29 is 0 Å². The van der Waals surface area contributed by atoms with E-state index >= 15 is 0 Å². The summed E-state index contributed by atoms with van der Waals surface area (Å²) in [7, 11) is 0. The Morgan fingerprint density at radius 1 is 1.06 bits per heavy atom. The molecule has 0 fully saturated rings. The maximum atomic E-state index is 6.10. The van der Waals surface area contributed by atoms with Crippen LogP contribution < -0.4 is 0 Å². The van der Waals surface area contributed by atoms with E-state index in [4.69, 9.17) is 23.2 Å². The largest absolute Gasteiger partial charge is 0.233 e. The first-order chi connectivity index (χ1) is 8.11. The molecule has 0 N–H and O–H groups in total. The van der Waals surface area contributed by atoms with Crippen LogP contribution in [-0.4, -0.2) is 9.97 Å². The molecule has 88 valence electrons. The third kappa shape index (κ3) is 2.59. The second-order valence-electron chi connectivity index (χ2n) is 3.76. The van der Waals surface area contributed by atoms with E-state index in [1.54, 1.807) is 0 Å². The Balaban J connectivity index is 2.57. The first kappa shape index (κ1) is 12.3. The molecule has 4 heteroatoms. The van der Waals surface area contributed by atoms with Crippen LogP contribution in [0.2, 0.25) is 10.2 Å². The molecule has 0 aliphatic rings. The zero-order valence-corrected chi connectivity index (χ0v) is 11.2. The van der Waals surface area contributed by atoms with Crippen molar-refractivity contribution in [3.8, 4) is 11.3 Å². The summed E-state index contributed by atoms with van der Waals surface area (Å²) in [5.41, 5.74) is 2.77. The zero-order valence-electron chi connectivity index (χ0n) is 9.67. The average molecular weight is 267 g/mol. The number of aromatic nitrogens is 2. The van der Waals surface area contributed by atoms with Gasteiger partial charge in [-0.25, -0.2) is 9.97 Å². The molecule has 0 bridgehead atoms. The number of benzene rings is 1. The molecule has 0 saturated heterocycles. The molecule has 2 nitrogen and oxygen atoms in total. The van der Waals surface area contributed by atoms with Crippen molar-refractivity contribution in [1.82, 2.24) is 9.97 Å². The topological polar surface area (TPSA) is 25.8 Å². The second-order valence-corrected chi connectivity index (χ2v) is 4.56. The van der Waals surface area contributed by atoms with E-state index in [2.05, 4.69) is 9.97 Å². The molecule has 1 aromatic heterocycles. The summed E-state index contributed by atoms with van der Waals surface area (Å²) >= 11 is 12.0. The van der Waals surface area contributed by atoms with E-state index in [1.165, 1.54) is 0 Å². The summed E-state index contributed by atoms with van der Waals surface area (Å²) in [6.45, 7) is 3.93. The molecule has 0 unspecified atom stereocenters. The van der Waals surface area contributed by atoms with E-state index in [0.29, 0.717) is 10.2 Å². The monoisotopic (exact) mass is 266 g/mol. The predicted molar refractivity (Wildman–Crippen MR) is 71.6 cm³/mol. The molecule has 0 amide bonds. The summed E-state index contributed by atoms with van der Waals surface area (Å²) in [5, 5.41) is 1.23. The smallest absolute Gasteiger partial charge is 0.136 e. The van der Waals surface area contributed by atoms with Gasteiger partial charge in [0.25, 0.3) is 0 Å². The van der Waals surface area contributed by atoms with Crippen LogP contribution in [0, 0.1) is 6.92 Å². The molecule has 0 spiro atoms. The number of nitrogens with zero attached hydrogens (tertiary/aromatic N) is 2. The van der Waals surface area contributed by atoms with Gasteiger partial charge in [-0.2, -0.15) is 0 Å². The highest BCUT2D eigenvalue weighted by atomic mass is 35.5. The number of hydrogen-bond acceptors (Lipinski definition) is 2. The lowest BCUT2D eigenvalue weighted by Crippen LogP contribution is -1.99. The fourth-order valence-electron chi connectivity index (χ4n) is 1.58. The van der Waals surface area contributed by atoms with Crippen LogP contribution in [0.25, 0.3) is 11.3 Å². The summed E-state index contributed by atoms with van der Waals surface area (Å²) < 4.78 is 0. The standard InChI is InChI=1S/C13H12Cl2N2/c1-3-11-16-12(8(2)13(15)17-11)9-4-6-10(14)7-5-9/h4-7H,3H2,1-2H3. The molecule has 0 aliphatic carbocycles. The molecule has 2 rings (SSSR count). The fourth-order valence-corrected chi connectivity index (χ4v) is 1.89. The Kier molecular flexibility index (Phi) is 3.65. The van der Waals surface area contributed by atoms with Crippen molar-refractivity contribution >= 4 is 23.2 Å². The van der Waals surface area contributed by atoms with Crippen LogP contribution in [0.5, 0.6) is 0 Å². The van der Waals surface area contributed by atoms with Crippen molar-refractivity contribution in [1.29, 1.82) is 0 Å². The lowest BCUT2D eigenvalue weighted by Gasteiger charge is -2.08. The molecule has 1 aromatic carbocycles. The predicted octanol–water partition coefficient (Wildman–Crippen LogP) is 4.32. The van der Waals surface area contributed by atoms with Crippen LogP contribution >= 0.6 is 23.2 Å². The third-order valence-electron chi connectivity index (χ3n) is 2.57. The van der Waals surface area contributed by atoms with E-state index in [0.717, 1.165) is 29.1 Å². The summed E-state index contributed by atoms with van der Waals surface area (Å²) in [6, 6.07) is 7.57. The van der Waals surface area contributed by atoms with Gasteiger partial charge in [0.1, 0.15) is 11.0 Å². The Morgan fingerprint density at radius 2 is 1.71 bits per heavy atom. The van der Waals surface area contributed by atoms with Crippen LogP contribution in [0.1, 0.15) is 18.3 Å². The van der Waals surface area contributed by atoms with Gasteiger partial charge in [-0.05, 0) is 19.1 Å². The fraction of sp³-hybridized carbons (Fsp3) is 0.231. The van der Waals surface area contributed by atoms with Gasteiger partial charge < -0.3 is 0 Å². The van der Waals surface area contributed by atoms with Crippen LogP contribution in [0.15, 0.2) is 24.3 Å². The second kappa shape index (κ2) is 5.03. The normalized spacial score (nSPS) is 10.6. The van der Waals surface area contributed by atoms with Crippen molar-refractivity contribution in [3.05, 3.63) is 45.8 Å². The quantitative estimate of drug-likeness (QED) is 0.757. The summed E-state index contributed by atoms with van der Waals surface area (Å²) in [6.07, 6.45) is 0.764. The molecule has 0 saturated carbocycles. The van der Waals surface area contributed by atoms with Gasteiger partial charge in [0.05, 0.1) is 5.69 Å². The Labute approximate surface area is 111 Å². The van der Waals surface area contributed by atoms with E-state index in [9.17, 15) is 0 Å². The highest BCUT2D eigenvalue weighted by Crippen LogP contribution is 2.26. The Morgan fingerprint density at radius 3 is 2.29 bits per heavy atom. The number of hydrogen-bond donors (Lipinski definition) is 0. The highest BCUT2D eigenvalue weighted by Gasteiger charge is 2.10. The van der Waals surface area contributed by atoms with E-state index in [1.807, 2.05) is 38.1 Å². The van der Waals surface area contributed by atoms with Crippen LogP contribution in [0.4, 0.5) is 0 Å². The first-order valence-electron chi connectivity index (χ1n) is 5.40.